The average Bonchev–Trinajstić information content (AvgIpc) is 2.68. The van der Waals surface area contributed by atoms with E-state index >= 15 is 0 Å². The van der Waals surface area contributed by atoms with Crippen LogP contribution in [-0.2, 0) is 6.42 Å². The SMILES string of the molecule is Cl.Oc1ccc([C@@H]2CNCCc3c2cc(O)c(O)c3Cl)cc1. The maximum absolute atomic E-state index is 9.86. The van der Waals surface area contributed by atoms with Crippen molar-refractivity contribution in [2.24, 2.45) is 0 Å². The van der Waals surface area contributed by atoms with Gasteiger partial charge in [-0.25, -0.2) is 0 Å². The largest absolute Gasteiger partial charge is 0.508 e. The van der Waals surface area contributed by atoms with E-state index in [0.29, 0.717) is 13.0 Å². The molecule has 4 N–H and O–H groups in total. The van der Waals surface area contributed by atoms with E-state index in [1.807, 2.05) is 12.1 Å². The Morgan fingerprint density at radius 2 is 1.77 bits per heavy atom. The number of hydrogen-bond donors (Lipinski definition) is 4. The van der Waals surface area contributed by atoms with E-state index in [0.717, 1.165) is 23.2 Å². The summed E-state index contributed by atoms with van der Waals surface area (Å²) in [5.74, 6) is -0.245. The summed E-state index contributed by atoms with van der Waals surface area (Å²) in [7, 11) is 0. The number of hydrogen-bond acceptors (Lipinski definition) is 4. The smallest absolute Gasteiger partial charge is 0.176 e. The lowest BCUT2D eigenvalue weighted by molar-refractivity contribution is 0.402. The lowest BCUT2D eigenvalue weighted by Crippen LogP contribution is -2.20. The van der Waals surface area contributed by atoms with Crippen LogP contribution in [-0.4, -0.2) is 28.4 Å². The van der Waals surface area contributed by atoms with Gasteiger partial charge in [-0.2, -0.15) is 0 Å². The maximum atomic E-state index is 9.86. The summed E-state index contributed by atoms with van der Waals surface area (Å²) in [5, 5.41) is 32.7. The zero-order chi connectivity index (χ0) is 15.0. The molecule has 118 valence electrons. The number of phenolic OH excluding ortho intramolecular Hbond substituents is 3. The minimum atomic E-state index is -0.262. The minimum Gasteiger partial charge on any atom is -0.508 e. The first-order chi connectivity index (χ1) is 10.1. The molecule has 1 heterocycles. The van der Waals surface area contributed by atoms with Gasteiger partial charge in [-0.1, -0.05) is 23.7 Å². The van der Waals surface area contributed by atoms with E-state index in [4.69, 9.17) is 11.6 Å². The van der Waals surface area contributed by atoms with Gasteiger partial charge < -0.3 is 20.6 Å². The number of halogens is 2. The zero-order valence-corrected chi connectivity index (χ0v) is 13.3. The summed E-state index contributed by atoms with van der Waals surface area (Å²) in [6, 6.07) is 8.58. The predicted molar refractivity (Wildman–Crippen MR) is 88.6 cm³/mol. The van der Waals surface area contributed by atoms with Gasteiger partial charge in [0.05, 0.1) is 5.02 Å². The van der Waals surface area contributed by atoms with Gasteiger partial charge in [0.15, 0.2) is 11.5 Å². The highest BCUT2D eigenvalue weighted by molar-refractivity contribution is 6.33. The summed E-state index contributed by atoms with van der Waals surface area (Å²) < 4.78 is 0. The molecular weight excluding hydrogens is 325 g/mol. The van der Waals surface area contributed by atoms with Crippen molar-refractivity contribution in [1.29, 1.82) is 0 Å². The van der Waals surface area contributed by atoms with Crippen LogP contribution < -0.4 is 5.32 Å². The van der Waals surface area contributed by atoms with E-state index < -0.39 is 0 Å². The maximum Gasteiger partial charge on any atom is 0.176 e. The summed E-state index contributed by atoms with van der Waals surface area (Å²) >= 11 is 6.19. The predicted octanol–water partition coefficient (Wildman–Crippen LogP) is 3.16. The second-order valence-electron chi connectivity index (χ2n) is 5.22. The molecule has 3 rings (SSSR count). The molecule has 0 amide bonds. The van der Waals surface area contributed by atoms with Crippen LogP contribution in [0.2, 0.25) is 5.02 Å². The zero-order valence-electron chi connectivity index (χ0n) is 11.7. The second-order valence-corrected chi connectivity index (χ2v) is 5.60. The van der Waals surface area contributed by atoms with Crippen molar-refractivity contribution in [3.63, 3.8) is 0 Å². The lowest BCUT2D eigenvalue weighted by Gasteiger charge is -2.20. The van der Waals surface area contributed by atoms with Crippen molar-refractivity contribution >= 4 is 24.0 Å². The summed E-state index contributed by atoms with van der Waals surface area (Å²) in [5.41, 5.74) is 2.78. The van der Waals surface area contributed by atoms with E-state index in [1.165, 1.54) is 0 Å². The number of benzene rings is 2. The molecule has 0 unspecified atom stereocenters. The summed E-state index contributed by atoms with van der Waals surface area (Å²) in [6.07, 6.45) is 0.691. The van der Waals surface area contributed by atoms with Crippen LogP contribution in [0.4, 0.5) is 0 Å². The van der Waals surface area contributed by atoms with Gasteiger partial charge in [0, 0.05) is 12.5 Å². The lowest BCUT2D eigenvalue weighted by atomic mass is 9.87. The molecule has 0 bridgehead atoms. The second kappa shape index (κ2) is 6.65. The standard InChI is InChI=1S/C16H16ClNO3.ClH/c17-15-11-5-6-18-8-13(9-1-3-10(19)4-2-9)12(11)7-14(20)16(15)21;/h1-4,7,13,18-21H,5-6,8H2;1H/t13-;/m0./s1. The number of nitrogens with one attached hydrogen (secondary N) is 1. The van der Waals surface area contributed by atoms with Gasteiger partial charge in [-0.15, -0.1) is 12.4 Å². The third-order valence-electron chi connectivity index (χ3n) is 3.93. The van der Waals surface area contributed by atoms with Crippen molar-refractivity contribution in [3.05, 3.63) is 52.0 Å². The molecule has 1 aliphatic heterocycles. The fourth-order valence-electron chi connectivity index (χ4n) is 2.82. The molecule has 2 aromatic rings. The van der Waals surface area contributed by atoms with Gasteiger partial charge in [-0.3, -0.25) is 0 Å². The first-order valence-corrected chi connectivity index (χ1v) is 7.18. The fraction of sp³-hybridized carbons (Fsp3) is 0.250. The highest BCUT2D eigenvalue weighted by Gasteiger charge is 2.25. The van der Waals surface area contributed by atoms with E-state index in [9.17, 15) is 15.3 Å². The van der Waals surface area contributed by atoms with Crippen LogP contribution in [0.5, 0.6) is 17.2 Å². The normalized spacial score (nSPS) is 17.2. The first kappa shape index (κ1) is 16.7. The van der Waals surface area contributed by atoms with Gasteiger partial charge in [0.1, 0.15) is 5.75 Å². The van der Waals surface area contributed by atoms with Crippen LogP contribution in [0, 0.1) is 0 Å². The molecule has 22 heavy (non-hydrogen) atoms. The Labute approximate surface area is 139 Å². The highest BCUT2D eigenvalue weighted by Crippen LogP contribution is 2.42. The summed E-state index contributed by atoms with van der Waals surface area (Å²) in [6.45, 7) is 1.46. The molecule has 0 aliphatic carbocycles. The molecule has 0 fully saturated rings. The van der Waals surface area contributed by atoms with Crippen molar-refractivity contribution in [1.82, 2.24) is 5.32 Å². The molecule has 0 saturated heterocycles. The summed E-state index contributed by atoms with van der Waals surface area (Å²) in [4.78, 5) is 0. The number of rotatable bonds is 1. The molecule has 6 heteroatoms. The molecule has 0 radical (unpaired) electrons. The Bertz CT molecular complexity index is 674. The number of phenols is 3. The van der Waals surface area contributed by atoms with Crippen molar-refractivity contribution < 1.29 is 15.3 Å². The monoisotopic (exact) mass is 341 g/mol. The van der Waals surface area contributed by atoms with Crippen LogP contribution in [0.3, 0.4) is 0 Å². The first-order valence-electron chi connectivity index (χ1n) is 6.80. The molecule has 2 aromatic carbocycles. The van der Waals surface area contributed by atoms with Crippen LogP contribution in [0.15, 0.2) is 30.3 Å². The Balaban J connectivity index is 0.00000176. The number of fused-ring (bicyclic) bond motifs is 1. The van der Waals surface area contributed by atoms with E-state index in [2.05, 4.69) is 5.32 Å². The quantitative estimate of drug-likeness (QED) is 0.601. The third-order valence-corrected chi connectivity index (χ3v) is 4.33. The fourth-order valence-corrected chi connectivity index (χ4v) is 3.12. The Morgan fingerprint density at radius 1 is 1.09 bits per heavy atom. The van der Waals surface area contributed by atoms with Crippen molar-refractivity contribution in [3.8, 4) is 17.2 Å². The average molecular weight is 342 g/mol. The van der Waals surface area contributed by atoms with Gasteiger partial charge >= 0.3 is 0 Å². The van der Waals surface area contributed by atoms with E-state index in [1.54, 1.807) is 18.2 Å². The van der Waals surface area contributed by atoms with Gasteiger partial charge in [-0.05, 0) is 47.9 Å². The number of aromatic hydroxyl groups is 3. The van der Waals surface area contributed by atoms with Gasteiger partial charge in [0.25, 0.3) is 0 Å². The Kier molecular flexibility index (Phi) is 5.06. The van der Waals surface area contributed by atoms with E-state index in [-0.39, 0.29) is 40.6 Å². The van der Waals surface area contributed by atoms with Gasteiger partial charge in [0.2, 0.25) is 0 Å². The molecule has 0 spiro atoms. The van der Waals surface area contributed by atoms with Crippen LogP contribution in [0.1, 0.15) is 22.6 Å². The molecule has 0 aromatic heterocycles. The van der Waals surface area contributed by atoms with Crippen molar-refractivity contribution in [2.75, 3.05) is 13.1 Å². The van der Waals surface area contributed by atoms with Crippen molar-refractivity contribution in [2.45, 2.75) is 12.3 Å². The molecule has 0 saturated carbocycles. The molecule has 1 atom stereocenters. The Morgan fingerprint density at radius 3 is 2.45 bits per heavy atom. The third kappa shape index (κ3) is 2.95. The Hall–Kier alpha value is -1.62. The molecular formula is C16H17Cl2NO3. The van der Waals surface area contributed by atoms with Crippen LogP contribution in [0.25, 0.3) is 0 Å². The topological polar surface area (TPSA) is 72.7 Å². The molecule has 4 nitrogen and oxygen atoms in total. The highest BCUT2D eigenvalue weighted by atomic mass is 35.5. The molecule has 1 aliphatic rings. The van der Waals surface area contributed by atoms with Crippen LogP contribution >= 0.6 is 24.0 Å². The minimum absolute atomic E-state index is 0.